The Kier molecular flexibility index (Phi) is 6.12. The minimum atomic E-state index is 0.0166. The molecule has 0 aromatic rings. The molecule has 0 spiro atoms. The third-order valence-electron chi connectivity index (χ3n) is 1.13. The predicted molar refractivity (Wildman–Crippen MR) is 49.6 cm³/mol. The van der Waals surface area contributed by atoms with Crippen molar-refractivity contribution in [1.29, 1.82) is 0 Å². The largest absolute Gasteiger partial charge is 0.353 e. The van der Waals surface area contributed by atoms with Gasteiger partial charge in [-0.3, -0.25) is 10.1 Å². The van der Waals surface area contributed by atoms with E-state index in [1.54, 1.807) is 6.92 Å². The summed E-state index contributed by atoms with van der Waals surface area (Å²) < 4.78 is 0. The monoisotopic (exact) mass is 168 g/mol. The van der Waals surface area contributed by atoms with Crippen LogP contribution >= 0.6 is 0 Å². The van der Waals surface area contributed by atoms with Gasteiger partial charge in [-0.25, -0.2) is 0 Å². The average molecular weight is 168 g/mol. The summed E-state index contributed by atoms with van der Waals surface area (Å²) in [6.45, 7) is 6.55. The molecule has 0 fully saturated rings. The van der Waals surface area contributed by atoms with Gasteiger partial charge in [0.05, 0.1) is 13.1 Å². The first kappa shape index (κ1) is 11.0. The van der Waals surface area contributed by atoms with Crippen molar-refractivity contribution in [2.45, 2.75) is 26.8 Å². The average Bonchev–Trinajstić information content (AvgIpc) is 1.97. The molecule has 1 amide bonds. The van der Waals surface area contributed by atoms with E-state index in [0.29, 0.717) is 13.1 Å². The maximum Gasteiger partial charge on any atom is 0.234 e. The van der Waals surface area contributed by atoms with Gasteiger partial charge in [0.15, 0.2) is 0 Å². The van der Waals surface area contributed by atoms with Crippen LogP contribution in [0.2, 0.25) is 0 Å². The zero-order valence-electron chi connectivity index (χ0n) is 7.90. The summed E-state index contributed by atoms with van der Waals surface area (Å²) in [5.74, 6) is 5.57. The van der Waals surface area contributed by atoms with Crippen LogP contribution in [0.3, 0.4) is 0 Å². The molecule has 0 heterocycles. The predicted octanol–water partition coefficient (Wildman–Crippen LogP) is 0.124. The molecule has 0 saturated carbocycles. The van der Waals surface area contributed by atoms with E-state index in [9.17, 15) is 4.79 Å². The Hall–Kier alpha value is -1.01. The molecule has 12 heavy (non-hydrogen) atoms. The summed E-state index contributed by atoms with van der Waals surface area (Å²) in [5, 5.41) is 5.68. The normalized spacial score (nSPS) is 9.00. The van der Waals surface area contributed by atoms with Crippen molar-refractivity contribution >= 4 is 5.91 Å². The Morgan fingerprint density at radius 2 is 2.17 bits per heavy atom. The Bertz CT molecular complexity index is 188. The Balaban J connectivity index is 3.36. The van der Waals surface area contributed by atoms with Crippen LogP contribution in [0.5, 0.6) is 0 Å². The van der Waals surface area contributed by atoms with Crippen LogP contribution in [-0.4, -0.2) is 25.0 Å². The van der Waals surface area contributed by atoms with Crippen LogP contribution in [0.15, 0.2) is 0 Å². The number of carbonyl (C=O) groups is 1. The maximum atomic E-state index is 11.0. The summed E-state index contributed by atoms with van der Waals surface area (Å²) in [4.78, 5) is 11.0. The summed E-state index contributed by atoms with van der Waals surface area (Å²) in [6.07, 6.45) is 0. The number of hydrogen-bond acceptors (Lipinski definition) is 2. The fourth-order valence-electron chi connectivity index (χ4n) is 0.700. The third kappa shape index (κ3) is 7.10. The van der Waals surface area contributed by atoms with Crippen LogP contribution in [-0.2, 0) is 4.79 Å². The van der Waals surface area contributed by atoms with Crippen LogP contribution < -0.4 is 10.6 Å². The van der Waals surface area contributed by atoms with Crippen molar-refractivity contribution in [1.82, 2.24) is 10.6 Å². The minimum absolute atomic E-state index is 0.0166. The molecule has 3 nitrogen and oxygen atoms in total. The quantitative estimate of drug-likeness (QED) is 0.462. The summed E-state index contributed by atoms with van der Waals surface area (Å²) in [6, 6.07) is 0.205. The van der Waals surface area contributed by atoms with Crippen LogP contribution in [0.25, 0.3) is 0 Å². The minimum Gasteiger partial charge on any atom is -0.353 e. The molecule has 0 saturated heterocycles. The van der Waals surface area contributed by atoms with E-state index < -0.39 is 0 Å². The number of rotatable bonds is 4. The fraction of sp³-hybridized carbons (Fsp3) is 0.667. The molecule has 0 aromatic carbocycles. The molecule has 2 N–H and O–H groups in total. The highest BCUT2D eigenvalue weighted by Gasteiger charge is 2.00. The van der Waals surface area contributed by atoms with Crippen molar-refractivity contribution in [3.05, 3.63) is 0 Å². The van der Waals surface area contributed by atoms with E-state index in [-0.39, 0.29) is 11.9 Å². The molecule has 0 atom stereocenters. The molecular formula is C9H16N2O. The SMILES string of the molecule is CC#CCNCC(=O)NC(C)C. The van der Waals surface area contributed by atoms with Crippen molar-refractivity contribution in [3.63, 3.8) is 0 Å². The molecule has 0 aliphatic rings. The van der Waals surface area contributed by atoms with Crippen molar-refractivity contribution < 1.29 is 4.79 Å². The second-order valence-electron chi connectivity index (χ2n) is 2.75. The van der Waals surface area contributed by atoms with E-state index in [4.69, 9.17) is 0 Å². The fourth-order valence-corrected chi connectivity index (χ4v) is 0.700. The van der Waals surface area contributed by atoms with Crippen LogP contribution in [0.1, 0.15) is 20.8 Å². The molecular weight excluding hydrogens is 152 g/mol. The van der Waals surface area contributed by atoms with E-state index in [1.807, 2.05) is 13.8 Å². The third-order valence-corrected chi connectivity index (χ3v) is 1.13. The highest BCUT2D eigenvalue weighted by molar-refractivity contribution is 5.78. The van der Waals surface area contributed by atoms with Gasteiger partial charge in [-0.15, -0.1) is 5.92 Å². The van der Waals surface area contributed by atoms with E-state index >= 15 is 0 Å². The molecule has 0 aliphatic heterocycles. The molecule has 0 bridgehead atoms. The van der Waals surface area contributed by atoms with E-state index in [1.165, 1.54) is 0 Å². The Morgan fingerprint density at radius 1 is 1.50 bits per heavy atom. The van der Waals surface area contributed by atoms with Crippen LogP contribution in [0.4, 0.5) is 0 Å². The molecule has 0 unspecified atom stereocenters. The van der Waals surface area contributed by atoms with Crippen molar-refractivity contribution in [2.75, 3.05) is 13.1 Å². The van der Waals surface area contributed by atoms with Crippen molar-refractivity contribution in [2.24, 2.45) is 0 Å². The molecule has 0 aliphatic carbocycles. The zero-order chi connectivity index (χ0) is 9.40. The second kappa shape index (κ2) is 6.68. The molecule has 68 valence electrons. The van der Waals surface area contributed by atoms with Gasteiger partial charge >= 0.3 is 0 Å². The number of nitrogens with one attached hydrogen (secondary N) is 2. The van der Waals surface area contributed by atoms with Gasteiger partial charge in [-0.05, 0) is 20.8 Å². The summed E-state index contributed by atoms with van der Waals surface area (Å²) in [7, 11) is 0. The number of carbonyl (C=O) groups excluding carboxylic acids is 1. The van der Waals surface area contributed by atoms with Gasteiger partial charge in [0.2, 0.25) is 5.91 Å². The molecule has 0 aromatic heterocycles. The summed E-state index contributed by atoms with van der Waals surface area (Å²) in [5.41, 5.74) is 0. The van der Waals surface area contributed by atoms with E-state index in [2.05, 4.69) is 22.5 Å². The van der Waals surface area contributed by atoms with Gasteiger partial charge in [0, 0.05) is 6.04 Å². The van der Waals surface area contributed by atoms with Gasteiger partial charge in [0.25, 0.3) is 0 Å². The first-order valence-electron chi connectivity index (χ1n) is 4.06. The Morgan fingerprint density at radius 3 is 2.67 bits per heavy atom. The zero-order valence-corrected chi connectivity index (χ0v) is 7.90. The topological polar surface area (TPSA) is 41.1 Å². The van der Waals surface area contributed by atoms with Gasteiger partial charge in [-0.1, -0.05) is 5.92 Å². The lowest BCUT2D eigenvalue weighted by molar-refractivity contribution is -0.120. The molecule has 0 radical (unpaired) electrons. The molecule has 3 heteroatoms. The first-order valence-corrected chi connectivity index (χ1v) is 4.06. The highest BCUT2D eigenvalue weighted by Crippen LogP contribution is 1.74. The number of hydrogen-bond donors (Lipinski definition) is 2. The smallest absolute Gasteiger partial charge is 0.234 e. The lowest BCUT2D eigenvalue weighted by Crippen LogP contribution is -2.37. The lowest BCUT2D eigenvalue weighted by atomic mass is 10.4. The van der Waals surface area contributed by atoms with Crippen molar-refractivity contribution in [3.8, 4) is 11.8 Å². The number of amides is 1. The lowest BCUT2D eigenvalue weighted by Gasteiger charge is -2.07. The standard InChI is InChI=1S/C9H16N2O/c1-4-5-6-10-7-9(12)11-8(2)3/h8,10H,6-7H2,1-3H3,(H,11,12). The maximum absolute atomic E-state index is 11.0. The van der Waals surface area contributed by atoms with Gasteiger partial charge in [0.1, 0.15) is 0 Å². The second-order valence-corrected chi connectivity index (χ2v) is 2.75. The first-order chi connectivity index (χ1) is 5.66. The highest BCUT2D eigenvalue weighted by atomic mass is 16.1. The summed E-state index contributed by atoms with van der Waals surface area (Å²) >= 11 is 0. The van der Waals surface area contributed by atoms with Gasteiger partial charge < -0.3 is 5.32 Å². The van der Waals surface area contributed by atoms with Crippen LogP contribution in [0, 0.1) is 11.8 Å². The molecule has 0 rings (SSSR count). The van der Waals surface area contributed by atoms with E-state index in [0.717, 1.165) is 0 Å². The van der Waals surface area contributed by atoms with Gasteiger partial charge in [-0.2, -0.15) is 0 Å². The Labute approximate surface area is 73.9 Å².